The summed E-state index contributed by atoms with van der Waals surface area (Å²) in [5.41, 5.74) is 0. The molecular formula is C6H10O. The molecule has 1 heteroatoms. The molecule has 7 heavy (non-hydrogen) atoms. The van der Waals surface area contributed by atoms with Crippen molar-refractivity contribution in [1.29, 1.82) is 0 Å². The Morgan fingerprint density at radius 2 is 2.71 bits per heavy atom. The van der Waals surface area contributed by atoms with E-state index >= 15 is 0 Å². The van der Waals surface area contributed by atoms with Gasteiger partial charge in [0.05, 0.1) is 12.7 Å². The molecule has 0 N–H and O–H groups in total. The molecule has 1 unspecified atom stereocenters. The summed E-state index contributed by atoms with van der Waals surface area (Å²) in [5.74, 6) is 0. The first-order valence-corrected chi connectivity index (χ1v) is 2.71. The SMILES string of the molecule is CCC1C=CCO1. The van der Waals surface area contributed by atoms with Gasteiger partial charge in [0.1, 0.15) is 0 Å². The molecule has 40 valence electrons. The van der Waals surface area contributed by atoms with Crippen LogP contribution < -0.4 is 0 Å². The molecule has 1 rings (SSSR count). The minimum Gasteiger partial charge on any atom is -0.370 e. The van der Waals surface area contributed by atoms with Crippen LogP contribution in [0.15, 0.2) is 12.2 Å². The number of rotatable bonds is 1. The van der Waals surface area contributed by atoms with E-state index in [1.165, 1.54) is 0 Å². The molecule has 0 aromatic carbocycles. The maximum Gasteiger partial charge on any atom is 0.0758 e. The molecule has 0 aliphatic carbocycles. The van der Waals surface area contributed by atoms with Crippen LogP contribution >= 0.6 is 0 Å². The molecule has 1 aliphatic heterocycles. The predicted octanol–water partition coefficient (Wildman–Crippen LogP) is 1.35. The Kier molecular flexibility index (Phi) is 1.47. The van der Waals surface area contributed by atoms with E-state index in [-0.39, 0.29) is 0 Å². The van der Waals surface area contributed by atoms with Crippen LogP contribution in [-0.4, -0.2) is 12.7 Å². The lowest BCUT2D eigenvalue weighted by atomic mass is 10.3. The van der Waals surface area contributed by atoms with E-state index in [0.717, 1.165) is 13.0 Å². The molecule has 0 aromatic heterocycles. The molecule has 0 amide bonds. The summed E-state index contributed by atoms with van der Waals surface area (Å²) in [7, 11) is 0. The zero-order chi connectivity index (χ0) is 5.11. The smallest absolute Gasteiger partial charge is 0.0758 e. The maximum atomic E-state index is 5.19. The van der Waals surface area contributed by atoms with E-state index in [1.807, 2.05) is 0 Å². The van der Waals surface area contributed by atoms with Gasteiger partial charge < -0.3 is 4.74 Å². The van der Waals surface area contributed by atoms with Crippen LogP contribution in [0.4, 0.5) is 0 Å². The molecule has 1 atom stereocenters. The van der Waals surface area contributed by atoms with Crippen LogP contribution in [0.25, 0.3) is 0 Å². The predicted molar refractivity (Wildman–Crippen MR) is 29.2 cm³/mol. The second-order valence-corrected chi connectivity index (χ2v) is 1.71. The summed E-state index contributed by atoms with van der Waals surface area (Å²) in [6.07, 6.45) is 5.70. The third-order valence-electron chi connectivity index (χ3n) is 1.16. The van der Waals surface area contributed by atoms with E-state index in [0.29, 0.717) is 6.10 Å². The van der Waals surface area contributed by atoms with Crippen molar-refractivity contribution in [1.82, 2.24) is 0 Å². The fourth-order valence-electron chi connectivity index (χ4n) is 0.696. The lowest BCUT2D eigenvalue weighted by Gasteiger charge is -2.00. The highest BCUT2D eigenvalue weighted by Crippen LogP contribution is 2.05. The normalized spacial score (nSPS) is 29.0. The topological polar surface area (TPSA) is 9.23 Å². The van der Waals surface area contributed by atoms with Crippen LogP contribution in [0, 0.1) is 0 Å². The first-order chi connectivity index (χ1) is 3.43. The first-order valence-electron chi connectivity index (χ1n) is 2.71. The van der Waals surface area contributed by atoms with Crippen molar-refractivity contribution in [3.63, 3.8) is 0 Å². The Morgan fingerprint density at radius 3 is 3.00 bits per heavy atom. The van der Waals surface area contributed by atoms with Crippen LogP contribution in [0.3, 0.4) is 0 Å². The molecule has 0 saturated carbocycles. The van der Waals surface area contributed by atoms with Gasteiger partial charge in [0.15, 0.2) is 0 Å². The number of hydrogen-bond donors (Lipinski definition) is 0. The molecule has 0 spiro atoms. The van der Waals surface area contributed by atoms with Crippen LogP contribution in [-0.2, 0) is 4.74 Å². The van der Waals surface area contributed by atoms with Crippen molar-refractivity contribution in [3.05, 3.63) is 12.2 Å². The van der Waals surface area contributed by atoms with E-state index in [4.69, 9.17) is 4.74 Å². The average molecular weight is 98.1 g/mol. The summed E-state index contributed by atoms with van der Waals surface area (Å²) in [5, 5.41) is 0. The lowest BCUT2D eigenvalue weighted by Crippen LogP contribution is -2.00. The fourth-order valence-corrected chi connectivity index (χ4v) is 0.696. The minimum absolute atomic E-state index is 0.417. The fraction of sp³-hybridized carbons (Fsp3) is 0.667. The molecule has 0 fully saturated rings. The second kappa shape index (κ2) is 2.12. The van der Waals surface area contributed by atoms with Gasteiger partial charge in [0, 0.05) is 0 Å². The molecule has 0 saturated heterocycles. The zero-order valence-corrected chi connectivity index (χ0v) is 4.55. The van der Waals surface area contributed by atoms with Gasteiger partial charge in [0.25, 0.3) is 0 Å². The quantitative estimate of drug-likeness (QED) is 0.450. The zero-order valence-electron chi connectivity index (χ0n) is 4.55. The van der Waals surface area contributed by atoms with Gasteiger partial charge in [-0.1, -0.05) is 19.1 Å². The van der Waals surface area contributed by atoms with E-state index in [9.17, 15) is 0 Å². The van der Waals surface area contributed by atoms with Crippen molar-refractivity contribution in [2.24, 2.45) is 0 Å². The Bertz CT molecular complexity index is 76.2. The molecule has 1 nitrogen and oxygen atoms in total. The molecular weight excluding hydrogens is 88.1 g/mol. The Morgan fingerprint density at radius 1 is 1.86 bits per heavy atom. The third kappa shape index (κ3) is 1.03. The van der Waals surface area contributed by atoms with Crippen LogP contribution in [0.5, 0.6) is 0 Å². The summed E-state index contributed by atoms with van der Waals surface area (Å²) >= 11 is 0. The van der Waals surface area contributed by atoms with Gasteiger partial charge in [-0.2, -0.15) is 0 Å². The number of hydrogen-bond acceptors (Lipinski definition) is 1. The minimum atomic E-state index is 0.417. The Labute approximate surface area is 44.0 Å². The Hall–Kier alpha value is -0.300. The van der Waals surface area contributed by atoms with E-state index in [2.05, 4.69) is 19.1 Å². The van der Waals surface area contributed by atoms with Crippen molar-refractivity contribution in [2.45, 2.75) is 19.4 Å². The standard InChI is InChI=1S/C6H10O/c1-2-6-4-3-5-7-6/h3-4,6H,2,5H2,1H3. The van der Waals surface area contributed by atoms with Crippen LogP contribution in [0.2, 0.25) is 0 Å². The number of ether oxygens (including phenoxy) is 1. The molecule has 1 aliphatic rings. The van der Waals surface area contributed by atoms with Gasteiger partial charge in [-0.15, -0.1) is 0 Å². The van der Waals surface area contributed by atoms with Gasteiger partial charge in [0.2, 0.25) is 0 Å². The highest BCUT2D eigenvalue weighted by atomic mass is 16.5. The monoisotopic (exact) mass is 98.1 g/mol. The highest BCUT2D eigenvalue weighted by molar-refractivity contribution is 4.94. The van der Waals surface area contributed by atoms with Gasteiger partial charge in [-0.25, -0.2) is 0 Å². The Balaban J connectivity index is 2.28. The third-order valence-corrected chi connectivity index (χ3v) is 1.16. The largest absolute Gasteiger partial charge is 0.370 e. The molecule has 0 radical (unpaired) electrons. The van der Waals surface area contributed by atoms with E-state index < -0.39 is 0 Å². The average Bonchev–Trinajstić information content (AvgIpc) is 2.14. The van der Waals surface area contributed by atoms with Crippen molar-refractivity contribution in [2.75, 3.05) is 6.61 Å². The summed E-state index contributed by atoms with van der Waals surface area (Å²) < 4.78 is 5.19. The summed E-state index contributed by atoms with van der Waals surface area (Å²) in [4.78, 5) is 0. The maximum absolute atomic E-state index is 5.19. The summed E-state index contributed by atoms with van der Waals surface area (Å²) in [6.45, 7) is 2.94. The van der Waals surface area contributed by atoms with Gasteiger partial charge in [-0.3, -0.25) is 0 Å². The van der Waals surface area contributed by atoms with Crippen LogP contribution in [0.1, 0.15) is 13.3 Å². The van der Waals surface area contributed by atoms with Gasteiger partial charge in [-0.05, 0) is 6.42 Å². The first kappa shape index (κ1) is 4.85. The molecule has 1 heterocycles. The van der Waals surface area contributed by atoms with Crippen molar-refractivity contribution < 1.29 is 4.74 Å². The lowest BCUT2D eigenvalue weighted by molar-refractivity contribution is 0.125. The molecule has 0 bridgehead atoms. The van der Waals surface area contributed by atoms with E-state index in [1.54, 1.807) is 0 Å². The van der Waals surface area contributed by atoms with Crippen molar-refractivity contribution >= 4 is 0 Å². The van der Waals surface area contributed by atoms with Crippen molar-refractivity contribution in [3.8, 4) is 0 Å². The molecule has 0 aromatic rings. The van der Waals surface area contributed by atoms with Gasteiger partial charge >= 0.3 is 0 Å². The highest BCUT2D eigenvalue weighted by Gasteiger charge is 2.03. The second-order valence-electron chi connectivity index (χ2n) is 1.71. The summed E-state index contributed by atoms with van der Waals surface area (Å²) in [6, 6.07) is 0.